The molecule has 0 saturated carbocycles. The van der Waals surface area contributed by atoms with Crippen LogP contribution in [0, 0.1) is 5.41 Å². The molecule has 1 N–H and O–H groups in total. The first-order valence-electron chi connectivity index (χ1n) is 5.85. The fourth-order valence-corrected chi connectivity index (χ4v) is 1.11. The molecule has 0 rings (SSSR count). The third-order valence-electron chi connectivity index (χ3n) is 2.14. The summed E-state index contributed by atoms with van der Waals surface area (Å²) in [7, 11) is 0. The van der Waals surface area contributed by atoms with Crippen LogP contribution in [0.15, 0.2) is 0 Å². The van der Waals surface area contributed by atoms with E-state index in [-0.39, 0.29) is 0 Å². The van der Waals surface area contributed by atoms with Gasteiger partial charge in [0.25, 0.3) is 0 Å². The summed E-state index contributed by atoms with van der Waals surface area (Å²) in [6.45, 7) is 12.9. The highest BCUT2D eigenvalue weighted by atomic mass is 16.5. The van der Waals surface area contributed by atoms with Crippen LogP contribution in [-0.2, 0) is 4.74 Å². The molecular formula is C12H27NO. The first-order chi connectivity index (χ1) is 6.56. The summed E-state index contributed by atoms with van der Waals surface area (Å²) in [5, 5.41) is 3.31. The first kappa shape index (κ1) is 13.9. The average Bonchev–Trinajstić information content (AvgIpc) is 2.08. The van der Waals surface area contributed by atoms with Gasteiger partial charge in [0.15, 0.2) is 0 Å². The molecule has 0 aliphatic carbocycles. The van der Waals surface area contributed by atoms with E-state index in [1.807, 2.05) is 0 Å². The number of ether oxygens (including phenoxy) is 1. The Morgan fingerprint density at radius 3 is 2.36 bits per heavy atom. The smallest absolute Gasteiger partial charge is 0.0471 e. The molecular weight excluding hydrogens is 174 g/mol. The summed E-state index contributed by atoms with van der Waals surface area (Å²) in [5.74, 6) is 0. The van der Waals surface area contributed by atoms with Crippen LogP contribution in [0.25, 0.3) is 0 Å². The van der Waals surface area contributed by atoms with E-state index in [9.17, 15) is 0 Å². The maximum atomic E-state index is 5.56. The molecule has 0 radical (unpaired) electrons. The maximum Gasteiger partial charge on any atom is 0.0471 e. The molecule has 0 bridgehead atoms. The second-order valence-corrected chi connectivity index (χ2v) is 4.98. The zero-order valence-corrected chi connectivity index (χ0v) is 10.4. The summed E-state index contributed by atoms with van der Waals surface area (Å²) in [6, 6.07) is 0. The molecule has 14 heavy (non-hydrogen) atoms. The molecule has 0 aliphatic heterocycles. The summed E-state index contributed by atoms with van der Waals surface area (Å²) < 4.78 is 5.56. The van der Waals surface area contributed by atoms with E-state index < -0.39 is 0 Å². The van der Waals surface area contributed by atoms with Crippen LogP contribution in [0.2, 0.25) is 0 Å². The predicted octanol–water partition coefficient (Wildman–Crippen LogP) is 2.83. The minimum Gasteiger partial charge on any atom is -0.381 e. The molecule has 0 aromatic heterocycles. The predicted molar refractivity (Wildman–Crippen MR) is 62.7 cm³/mol. The molecule has 0 heterocycles. The van der Waals surface area contributed by atoms with Gasteiger partial charge in [0.1, 0.15) is 0 Å². The lowest BCUT2D eigenvalue weighted by molar-refractivity contribution is 0.105. The third kappa shape index (κ3) is 11.9. The van der Waals surface area contributed by atoms with Crippen molar-refractivity contribution in [1.82, 2.24) is 5.32 Å². The quantitative estimate of drug-likeness (QED) is 0.610. The van der Waals surface area contributed by atoms with E-state index in [1.54, 1.807) is 0 Å². The van der Waals surface area contributed by atoms with Crippen molar-refractivity contribution in [2.45, 2.75) is 47.0 Å². The molecule has 0 fully saturated rings. The van der Waals surface area contributed by atoms with E-state index >= 15 is 0 Å². The van der Waals surface area contributed by atoms with Gasteiger partial charge < -0.3 is 10.1 Å². The van der Waals surface area contributed by atoms with Crippen molar-refractivity contribution >= 4 is 0 Å². The fourth-order valence-electron chi connectivity index (χ4n) is 1.11. The zero-order chi connectivity index (χ0) is 10.9. The molecule has 0 aromatic carbocycles. The van der Waals surface area contributed by atoms with Gasteiger partial charge in [0.05, 0.1) is 0 Å². The van der Waals surface area contributed by atoms with Gasteiger partial charge in [-0.15, -0.1) is 0 Å². The van der Waals surface area contributed by atoms with Crippen LogP contribution in [0.3, 0.4) is 0 Å². The Hall–Kier alpha value is -0.0800. The molecule has 0 aromatic rings. The largest absolute Gasteiger partial charge is 0.381 e. The number of nitrogens with one attached hydrogen (secondary N) is 1. The van der Waals surface area contributed by atoms with E-state index in [0.29, 0.717) is 5.41 Å². The van der Waals surface area contributed by atoms with Crippen molar-refractivity contribution in [2.24, 2.45) is 5.41 Å². The monoisotopic (exact) mass is 201 g/mol. The van der Waals surface area contributed by atoms with Crippen molar-refractivity contribution in [1.29, 1.82) is 0 Å². The molecule has 86 valence electrons. The number of hydrogen-bond donors (Lipinski definition) is 1. The Labute approximate surface area is 89.4 Å². The maximum absolute atomic E-state index is 5.56. The normalized spacial score (nSPS) is 12.0. The second-order valence-electron chi connectivity index (χ2n) is 4.98. The number of unbranched alkanes of at least 4 members (excludes halogenated alkanes) is 1. The minimum atomic E-state index is 0.407. The van der Waals surface area contributed by atoms with Crippen molar-refractivity contribution in [2.75, 3.05) is 26.3 Å². The Bertz CT molecular complexity index is 118. The Morgan fingerprint density at radius 2 is 1.79 bits per heavy atom. The molecule has 0 saturated heterocycles. The molecule has 0 unspecified atom stereocenters. The molecule has 0 aliphatic rings. The standard InChI is InChI=1S/C12H27NO/c1-5-13-9-6-7-10-14-11-8-12(2,3)4/h13H,5-11H2,1-4H3. The molecule has 0 atom stereocenters. The topological polar surface area (TPSA) is 21.3 Å². The Kier molecular flexibility index (Phi) is 8.20. The summed E-state index contributed by atoms with van der Waals surface area (Å²) in [5.41, 5.74) is 0.407. The third-order valence-corrected chi connectivity index (χ3v) is 2.14. The van der Waals surface area contributed by atoms with Gasteiger partial charge in [0.2, 0.25) is 0 Å². The number of rotatable bonds is 8. The average molecular weight is 201 g/mol. The van der Waals surface area contributed by atoms with Gasteiger partial charge in [-0.1, -0.05) is 27.7 Å². The zero-order valence-electron chi connectivity index (χ0n) is 10.4. The van der Waals surface area contributed by atoms with Crippen molar-refractivity contribution < 1.29 is 4.74 Å². The van der Waals surface area contributed by atoms with E-state index in [4.69, 9.17) is 4.74 Å². The van der Waals surface area contributed by atoms with Crippen molar-refractivity contribution in [3.63, 3.8) is 0 Å². The Morgan fingerprint density at radius 1 is 1.07 bits per heavy atom. The highest BCUT2D eigenvalue weighted by Gasteiger charge is 2.08. The highest BCUT2D eigenvalue weighted by molar-refractivity contribution is 4.59. The van der Waals surface area contributed by atoms with Gasteiger partial charge in [-0.2, -0.15) is 0 Å². The highest BCUT2D eigenvalue weighted by Crippen LogP contribution is 2.17. The van der Waals surface area contributed by atoms with E-state index in [2.05, 4.69) is 33.0 Å². The van der Waals surface area contributed by atoms with Crippen LogP contribution in [0.1, 0.15) is 47.0 Å². The number of hydrogen-bond acceptors (Lipinski definition) is 2. The Balaban J connectivity index is 2.99. The fraction of sp³-hybridized carbons (Fsp3) is 1.00. The molecule has 2 nitrogen and oxygen atoms in total. The van der Waals surface area contributed by atoms with Crippen LogP contribution < -0.4 is 5.32 Å². The summed E-state index contributed by atoms with van der Waals surface area (Å²) in [6.07, 6.45) is 3.56. The van der Waals surface area contributed by atoms with Gasteiger partial charge in [0, 0.05) is 13.2 Å². The molecule has 2 heteroatoms. The second kappa shape index (κ2) is 8.25. The van der Waals surface area contributed by atoms with Crippen molar-refractivity contribution in [3.05, 3.63) is 0 Å². The van der Waals surface area contributed by atoms with E-state index in [1.165, 1.54) is 12.8 Å². The lowest BCUT2D eigenvalue weighted by atomic mass is 9.93. The van der Waals surface area contributed by atoms with E-state index in [0.717, 1.165) is 32.7 Å². The van der Waals surface area contributed by atoms with Gasteiger partial charge >= 0.3 is 0 Å². The molecule has 0 spiro atoms. The first-order valence-corrected chi connectivity index (χ1v) is 5.85. The van der Waals surface area contributed by atoms with Crippen LogP contribution in [-0.4, -0.2) is 26.3 Å². The summed E-state index contributed by atoms with van der Waals surface area (Å²) in [4.78, 5) is 0. The lowest BCUT2D eigenvalue weighted by Crippen LogP contribution is -2.15. The van der Waals surface area contributed by atoms with Crippen LogP contribution in [0.5, 0.6) is 0 Å². The van der Waals surface area contributed by atoms with Gasteiger partial charge in [-0.25, -0.2) is 0 Å². The summed E-state index contributed by atoms with van der Waals surface area (Å²) >= 11 is 0. The van der Waals surface area contributed by atoms with Crippen LogP contribution in [0.4, 0.5) is 0 Å². The van der Waals surface area contributed by atoms with Gasteiger partial charge in [-0.3, -0.25) is 0 Å². The van der Waals surface area contributed by atoms with Crippen molar-refractivity contribution in [3.8, 4) is 0 Å². The SMILES string of the molecule is CCNCCCCOCCC(C)(C)C. The lowest BCUT2D eigenvalue weighted by Gasteiger charge is -2.17. The molecule has 0 amide bonds. The van der Waals surface area contributed by atoms with Gasteiger partial charge in [-0.05, 0) is 37.8 Å². The minimum absolute atomic E-state index is 0.407. The van der Waals surface area contributed by atoms with Crippen LogP contribution >= 0.6 is 0 Å².